The highest BCUT2D eigenvalue weighted by atomic mass is 19.3. The monoisotopic (exact) mass is 255 g/mol. The van der Waals surface area contributed by atoms with E-state index >= 15 is 0 Å². The molecule has 0 saturated carbocycles. The second-order valence-corrected chi connectivity index (χ2v) is 5.04. The highest BCUT2D eigenvalue weighted by Crippen LogP contribution is 2.28. The minimum absolute atomic E-state index is 0.150. The van der Waals surface area contributed by atoms with Gasteiger partial charge in [-0.1, -0.05) is 6.07 Å². The molecule has 2 N–H and O–H groups in total. The smallest absolute Gasteiger partial charge is 0.302 e. The molecule has 3 nitrogen and oxygen atoms in total. The zero-order valence-electron chi connectivity index (χ0n) is 10.6. The van der Waals surface area contributed by atoms with Crippen LogP contribution >= 0.6 is 0 Å². The predicted molar refractivity (Wildman–Crippen MR) is 66.5 cm³/mol. The van der Waals surface area contributed by atoms with Gasteiger partial charge in [0.2, 0.25) is 0 Å². The number of aryl methyl sites for hydroxylation is 1. The third kappa shape index (κ3) is 3.23. The van der Waals surface area contributed by atoms with Crippen molar-refractivity contribution < 1.29 is 8.78 Å². The van der Waals surface area contributed by atoms with Crippen LogP contribution in [0.5, 0.6) is 0 Å². The molecule has 1 fully saturated rings. The van der Waals surface area contributed by atoms with Gasteiger partial charge in [-0.3, -0.25) is 9.88 Å². The topological polar surface area (TPSA) is 42.1 Å². The molecule has 1 aromatic heterocycles. The summed E-state index contributed by atoms with van der Waals surface area (Å²) in [6, 6.07) is 3.24. The Kier molecular flexibility index (Phi) is 3.92. The Morgan fingerprint density at radius 2 is 2.06 bits per heavy atom. The van der Waals surface area contributed by atoms with Gasteiger partial charge in [-0.05, 0) is 44.5 Å². The van der Waals surface area contributed by atoms with Crippen LogP contribution in [0.3, 0.4) is 0 Å². The van der Waals surface area contributed by atoms with E-state index in [1.807, 2.05) is 6.92 Å². The first-order valence-electron chi connectivity index (χ1n) is 6.26. The van der Waals surface area contributed by atoms with Crippen LogP contribution in [-0.4, -0.2) is 35.6 Å². The van der Waals surface area contributed by atoms with Crippen LogP contribution in [0.15, 0.2) is 18.3 Å². The first kappa shape index (κ1) is 13.4. The molecule has 0 radical (unpaired) electrons. The maximum absolute atomic E-state index is 14.0. The second kappa shape index (κ2) is 5.28. The van der Waals surface area contributed by atoms with Crippen molar-refractivity contribution in [1.29, 1.82) is 0 Å². The molecule has 2 rings (SSSR count). The number of hydrogen-bond donors (Lipinski definition) is 1. The lowest BCUT2D eigenvalue weighted by Gasteiger charge is -2.32. The van der Waals surface area contributed by atoms with Gasteiger partial charge in [0.1, 0.15) is 5.69 Å². The molecule has 1 aliphatic heterocycles. The van der Waals surface area contributed by atoms with E-state index in [2.05, 4.69) is 4.98 Å². The number of pyridine rings is 1. The lowest BCUT2D eigenvalue weighted by molar-refractivity contribution is -0.0461. The summed E-state index contributed by atoms with van der Waals surface area (Å²) in [6.07, 6.45) is 3.06. The summed E-state index contributed by atoms with van der Waals surface area (Å²) in [5.74, 6) is -2.89. The van der Waals surface area contributed by atoms with Crippen LogP contribution in [0, 0.1) is 6.92 Å². The van der Waals surface area contributed by atoms with Crippen molar-refractivity contribution >= 4 is 0 Å². The number of aromatic nitrogens is 1. The zero-order chi connectivity index (χ0) is 13.2. The summed E-state index contributed by atoms with van der Waals surface area (Å²) in [7, 11) is 0. The Labute approximate surface area is 106 Å². The number of nitrogens with two attached hydrogens (primary N) is 1. The Hall–Kier alpha value is -1.07. The summed E-state index contributed by atoms with van der Waals surface area (Å²) >= 11 is 0. The van der Waals surface area contributed by atoms with E-state index in [-0.39, 0.29) is 18.3 Å². The quantitative estimate of drug-likeness (QED) is 0.897. The fourth-order valence-corrected chi connectivity index (χ4v) is 2.16. The molecule has 5 heteroatoms. The summed E-state index contributed by atoms with van der Waals surface area (Å²) in [6.45, 7) is 2.85. The molecule has 0 aliphatic carbocycles. The van der Waals surface area contributed by atoms with Gasteiger partial charge in [-0.2, -0.15) is 8.78 Å². The number of halogens is 2. The molecule has 0 spiro atoms. The van der Waals surface area contributed by atoms with E-state index in [9.17, 15) is 8.78 Å². The van der Waals surface area contributed by atoms with Crippen LogP contribution < -0.4 is 5.73 Å². The third-order valence-electron chi connectivity index (χ3n) is 3.34. The highest BCUT2D eigenvalue weighted by Gasteiger charge is 2.36. The average Bonchev–Trinajstić information content (AvgIpc) is 2.32. The Balaban J connectivity index is 2.00. The SMILES string of the molecule is Cc1ccc(C(F)(F)CN2CCC(N)CC2)nc1. The first-order valence-corrected chi connectivity index (χ1v) is 6.26. The van der Waals surface area contributed by atoms with Gasteiger partial charge in [0.15, 0.2) is 0 Å². The van der Waals surface area contributed by atoms with Crippen molar-refractivity contribution in [2.24, 2.45) is 5.73 Å². The van der Waals surface area contributed by atoms with Crippen LogP contribution in [0.25, 0.3) is 0 Å². The van der Waals surface area contributed by atoms with Crippen LogP contribution in [0.1, 0.15) is 24.1 Å². The Morgan fingerprint density at radius 3 is 2.61 bits per heavy atom. The molecule has 0 unspecified atom stereocenters. The predicted octanol–water partition coefficient (Wildman–Crippen LogP) is 1.90. The minimum atomic E-state index is -2.89. The fraction of sp³-hybridized carbons (Fsp3) is 0.615. The summed E-state index contributed by atoms with van der Waals surface area (Å²) in [4.78, 5) is 5.60. The maximum atomic E-state index is 14.0. The van der Waals surface area contributed by atoms with Crippen molar-refractivity contribution in [3.8, 4) is 0 Å². The van der Waals surface area contributed by atoms with E-state index < -0.39 is 5.92 Å². The molecular weight excluding hydrogens is 236 g/mol. The fourth-order valence-electron chi connectivity index (χ4n) is 2.16. The van der Waals surface area contributed by atoms with Crippen LogP contribution in [0.2, 0.25) is 0 Å². The van der Waals surface area contributed by atoms with Gasteiger partial charge >= 0.3 is 5.92 Å². The van der Waals surface area contributed by atoms with Gasteiger partial charge in [-0.15, -0.1) is 0 Å². The van der Waals surface area contributed by atoms with E-state index in [4.69, 9.17) is 5.73 Å². The van der Waals surface area contributed by atoms with Gasteiger partial charge in [0.25, 0.3) is 0 Å². The standard InChI is InChI=1S/C13H19F2N3/c1-10-2-3-12(17-8-10)13(14,15)9-18-6-4-11(16)5-7-18/h2-3,8,11H,4-7,9,16H2,1H3. The Bertz CT molecular complexity index is 384. The molecule has 1 aliphatic rings. The number of alkyl halides is 2. The molecule has 0 amide bonds. The molecule has 18 heavy (non-hydrogen) atoms. The minimum Gasteiger partial charge on any atom is -0.328 e. The molecule has 1 aromatic rings. The average molecular weight is 255 g/mol. The van der Waals surface area contributed by atoms with Gasteiger partial charge in [0, 0.05) is 12.2 Å². The summed E-state index contributed by atoms with van der Waals surface area (Å²) in [5.41, 5.74) is 6.50. The van der Waals surface area contributed by atoms with E-state index in [0.717, 1.165) is 18.4 Å². The van der Waals surface area contributed by atoms with Gasteiger partial charge < -0.3 is 5.73 Å². The second-order valence-electron chi connectivity index (χ2n) is 5.04. The van der Waals surface area contributed by atoms with Crippen molar-refractivity contribution in [1.82, 2.24) is 9.88 Å². The zero-order valence-corrected chi connectivity index (χ0v) is 10.6. The highest BCUT2D eigenvalue weighted by molar-refractivity contribution is 5.16. The molecule has 1 saturated heterocycles. The van der Waals surface area contributed by atoms with E-state index in [1.165, 1.54) is 12.3 Å². The van der Waals surface area contributed by atoms with Crippen LogP contribution in [-0.2, 0) is 5.92 Å². The van der Waals surface area contributed by atoms with Crippen molar-refractivity contribution in [2.75, 3.05) is 19.6 Å². The summed E-state index contributed by atoms with van der Waals surface area (Å²) < 4.78 is 28.1. The lowest BCUT2D eigenvalue weighted by atomic mass is 10.1. The number of hydrogen-bond acceptors (Lipinski definition) is 3. The van der Waals surface area contributed by atoms with Crippen LogP contribution in [0.4, 0.5) is 8.78 Å². The number of likely N-dealkylation sites (tertiary alicyclic amines) is 1. The largest absolute Gasteiger partial charge is 0.328 e. The molecule has 0 bridgehead atoms. The van der Waals surface area contributed by atoms with Gasteiger partial charge in [0.05, 0.1) is 6.54 Å². The van der Waals surface area contributed by atoms with Gasteiger partial charge in [-0.25, -0.2) is 0 Å². The first-order chi connectivity index (χ1) is 8.47. The maximum Gasteiger partial charge on any atom is 0.302 e. The summed E-state index contributed by atoms with van der Waals surface area (Å²) in [5, 5.41) is 0. The van der Waals surface area contributed by atoms with Crippen molar-refractivity contribution in [2.45, 2.75) is 31.7 Å². The number of nitrogens with zero attached hydrogens (tertiary/aromatic N) is 2. The molecule has 100 valence electrons. The third-order valence-corrected chi connectivity index (χ3v) is 3.34. The normalized spacial score (nSPS) is 19.1. The molecule has 0 aromatic carbocycles. The molecular formula is C13H19F2N3. The number of rotatable bonds is 3. The Morgan fingerprint density at radius 1 is 1.39 bits per heavy atom. The number of piperidine rings is 1. The van der Waals surface area contributed by atoms with Crippen molar-refractivity contribution in [3.63, 3.8) is 0 Å². The molecule has 0 atom stereocenters. The molecule has 2 heterocycles. The van der Waals surface area contributed by atoms with Crippen molar-refractivity contribution in [3.05, 3.63) is 29.6 Å². The van der Waals surface area contributed by atoms with E-state index in [0.29, 0.717) is 13.1 Å². The lowest BCUT2D eigenvalue weighted by Crippen LogP contribution is -2.44. The van der Waals surface area contributed by atoms with E-state index in [1.54, 1.807) is 11.0 Å².